The molecule has 41 heavy (non-hydrogen) atoms. The Bertz CT molecular complexity index is 1290. The van der Waals surface area contributed by atoms with Gasteiger partial charge in [0.2, 0.25) is 0 Å². The topological polar surface area (TPSA) is 121 Å². The quantitative estimate of drug-likeness (QED) is 0.261. The Morgan fingerprint density at radius 2 is 1.76 bits per heavy atom. The summed E-state index contributed by atoms with van der Waals surface area (Å²) in [4.78, 5) is 30.9. The Kier molecular flexibility index (Phi) is 10.1. The number of aliphatic hydroxyl groups is 1. The summed E-state index contributed by atoms with van der Waals surface area (Å²) in [6.45, 7) is 7.56. The molecule has 0 fully saturated rings. The summed E-state index contributed by atoms with van der Waals surface area (Å²) in [5, 5.41) is 28.6. The molecule has 12 heteroatoms. The molecule has 2 amide bonds. The van der Waals surface area contributed by atoms with E-state index in [4.69, 9.17) is 0 Å². The lowest BCUT2D eigenvalue weighted by molar-refractivity contribution is -0.137. The number of aliphatic hydroxyl groups excluding tert-OH is 1. The Morgan fingerprint density at radius 1 is 1.07 bits per heavy atom. The molecule has 0 radical (unpaired) electrons. The first-order valence-electron chi connectivity index (χ1n) is 13.3. The molecule has 0 aliphatic carbocycles. The summed E-state index contributed by atoms with van der Waals surface area (Å²) >= 11 is 0. The van der Waals surface area contributed by atoms with E-state index in [2.05, 4.69) is 15.4 Å². The maximum absolute atomic E-state index is 13.0. The van der Waals surface area contributed by atoms with Gasteiger partial charge >= 0.3 is 12.3 Å². The fourth-order valence-corrected chi connectivity index (χ4v) is 4.58. The summed E-state index contributed by atoms with van der Waals surface area (Å²) in [5.41, 5.74) is -0.526. The van der Waals surface area contributed by atoms with Gasteiger partial charge in [-0.25, -0.2) is 9.78 Å². The number of hydrogen-bond acceptors (Lipinski definition) is 5. The van der Waals surface area contributed by atoms with Gasteiger partial charge in [0.15, 0.2) is 6.10 Å². The Morgan fingerprint density at radius 3 is 2.29 bits per heavy atom. The van der Waals surface area contributed by atoms with Crippen molar-refractivity contribution in [2.24, 2.45) is 5.41 Å². The molecule has 3 N–H and O–H groups in total. The molecule has 1 aromatic carbocycles. The number of amides is 2. The van der Waals surface area contributed by atoms with Gasteiger partial charge in [-0.1, -0.05) is 58.7 Å². The van der Waals surface area contributed by atoms with E-state index >= 15 is 0 Å². The predicted molar refractivity (Wildman–Crippen MR) is 148 cm³/mol. The molecule has 0 saturated heterocycles. The third kappa shape index (κ3) is 8.29. The number of nitrogens with one attached hydrogen (secondary N) is 1. The second kappa shape index (κ2) is 13.2. The number of carbonyl (C=O) groups excluding carboxylic acids is 1. The summed E-state index contributed by atoms with van der Waals surface area (Å²) in [6, 6.07) is 9.37. The van der Waals surface area contributed by atoms with Crippen LogP contribution in [0.2, 0.25) is 0 Å². The van der Waals surface area contributed by atoms with Gasteiger partial charge in [-0.15, -0.1) is 0 Å². The van der Waals surface area contributed by atoms with Crippen molar-refractivity contribution < 1.29 is 33.0 Å². The highest BCUT2D eigenvalue weighted by Gasteiger charge is 2.42. The lowest BCUT2D eigenvalue weighted by Gasteiger charge is -2.44. The van der Waals surface area contributed by atoms with Crippen molar-refractivity contribution in [3.63, 3.8) is 0 Å². The molecule has 3 atom stereocenters. The summed E-state index contributed by atoms with van der Waals surface area (Å²) in [7, 11) is 0. The summed E-state index contributed by atoms with van der Waals surface area (Å²) in [5.74, 6) is -0.542. The zero-order valence-corrected chi connectivity index (χ0v) is 23.5. The number of alkyl halides is 3. The van der Waals surface area contributed by atoms with Crippen LogP contribution in [-0.4, -0.2) is 60.1 Å². The Labute approximate surface area is 237 Å². The molecule has 0 unspecified atom stereocenters. The van der Waals surface area contributed by atoms with Crippen molar-refractivity contribution in [3.8, 4) is 11.3 Å². The highest BCUT2D eigenvalue weighted by atomic mass is 19.4. The van der Waals surface area contributed by atoms with Gasteiger partial charge in [0, 0.05) is 18.0 Å². The van der Waals surface area contributed by atoms with Crippen LogP contribution in [-0.2, 0) is 17.5 Å². The molecule has 2 heterocycles. The van der Waals surface area contributed by atoms with Crippen LogP contribution in [0.3, 0.4) is 0 Å². The molecular weight excluding hydrogens is 539 g/mol. The van der Waals surface area contributed by atoms with Crippen LogP contribution in [0.15, 0.2) is 60.9 Å². The zero-order valence-electron chi connectivity index (χ0n) is 23.5. The van der Waals surface area contributed by atoms with Crippen molar-refractivity contribution in [1.82, 2.24) is 19.7 Å². The lowest BCUT2D eigenvalue weighted by Crippen LogP contribution is -2.59. The molecule has 0 aliphatic rings. The van der Waals surface area contributed by atoms with E-state index in [-0.39, 0.29) is 18.8 Å². The third-order valence-corrected chi connectivity index (χ3v) is 6.82. The smallest absolute Gasteiger partial charge is 0.416 e. The van der Waals surface area contributed by atoms with Crippen LogP contribution < -0.4 is 5.32 Å². The number of aromatic nitrogens is 3. The molecule has 0 spiro atoms. The first-order valence-corrected chi connectivity index (χ1v) is 13.3. The van der Waals surface area contributed by atoms with Gasteiger partial charge < -0.3 is 15.5 Å². The minimum Gasteiger partial charge on any atom is -0.465 e. The summed E-state index contributed by atoms with van der Waals surface area (Å²) < 4.78 is 40.4. The fourth-order valence-electron chi connectivity index (χ4n) is 4.58. The Balaban J connectivity index is 1.91. The second-order valence-corrected chi connectivity index (χ2v) is 10.9. The van der Waals surface area contributed by atoms with Crippen LogP contribution in [0, 0.1) is 5.41 Å². The van der Waals surface area contributed by atoms with Crippen LogP contribution in [0.4, 0.5) is 23.8 Å². The SMILES string of the molecule is CCCC[C@@H]([C@@H](O)C(=O)Nc1ccccn1)N(C(=O)O)[C@H](Cn1ccc(-c2ccc(C(F)(F)F)cc2)n1)C(C)(C)C. The van der Waals surface area contributed by atoms with E-state index in [1.165, 1.54) is 23.0 Å². The van der Waals surface area contributed by atoms with Gasteiger partial charge in [-0.2, -0.15) is 18.3 Å². The highest BCUT2D eigenvalue weighted by molar-refractivity contribution is 5.94. The van der Waals surface area contributed by atoms with Crippen LogP contribution in [0.5, 0.6) is 0 Å². The van der Waals surface area contributed by atoms with Crippen LogP contribution in [0.1, 0.15) is 52.5 Å². The fraction of sp³-hybridized carbons (Fsp3) is 0.448. The highest BCUT2D eigenvalue weighted by Crippen LogP contribution is 2.32. The number of hydrogen-bond donors (Lipinski definition) is 3. The van der Waals surface area contributed by atoms with Gasteiger partial charge in [0.05, 0.1) is 29.9 Å². The van der Waals surface area contributed by atoms with Crippen molar-refractivity contribution in [3.05, 3.63) is 66.5 Å². The number of halogens is 3. The normalized spacial score (nSPS) is 14.2. The number of rotatable bonds is 11. The molecular formula is C29H36F3N5O4. The van der Waals surface area contributed by atoms with Gasteiger partial charge in [0.1, 0.15) is 5.82 Å². The lowest BCUT2D eigenvalue weighted by atomic mass is 9.83. The molecule has 222 valence electrons. The van der Waals surface area contributed by atoms with Gasteiger partial charge in [0.25, 0.3) is 5.91 Å². The first-order chi connectivity index (χ1) is 19.2. The molecule has 2 aromatic heterocycles. The number of carboxylic acid groups (broad SMARTS) is 1. The second-order valence-electron chi connectivity index (χ2n) is 10.9. The standard InChI is InChI=1S/C29H36F3N5O4/c1-5-6-9-22(25(38)26(39)34-24-10-7-8-16-33-24)37(27(40)41)23(28(2,3)4)18-36-17-15-21(35-36)19-11-13-20(14-12-19)29(30,31)32/h7-8,10-17,22-23,25,38H,5-6,9,18H2,1-4H3,(H,40,41)(H,33,34,39)/t22-,23+,25+/m0/s1. The van der Waals surface area contributed by atoms with E-state index < -0.39 is 47.3 Å². The zero-order chi connectivity index (χ0) is 30.4. The number of anilines is 1. The average Bonchev–Trinajstić information content (AvgIpc) is 3.38. The van der Waals surface area contributed by atoms with Crippen molar-refractivity contribution in [2.75, 3.05) is 5.32 Å². The Hall–Kier alpha value is -3.93. The van der Waals surface area contributed by atoms with Crippen molar-refractivity contribution in [2.45, 2.75) is 77.9 Å². The molecule has 0 saturated carbocycles. The van der Waals surface area contributed by atoms with Crippen LogP contribution >= 0.6 is 0 Å². The van der Waals surface area contributed by atoms with E-state index in [1.807, 2.05) is 27.7 Å². The van der Waals surface area contributed by atoms with E-state index in [0.717, 1.165) is 17.0 Å². The van der Waals surface area contributed by atoms with E-state index in [9.17, 15) is 33.0 Å². The van der Waals surface area contributed by atoms with E-state index in [0.29, 0.717) is 24.1 Å². The third-order valence-electron chi connectivity index (χ3n) is 6.82. The number of carbonyl (C=O) groups is 2. The van der Waals surface area contributed by atoms with Crippen molar-refractivity contribution >= 4 is 17.8 Å². The summed E-state index contributed by atoms with van der Waals surface area (Å²) in [6.07, 6.45) is -2.80. The maximum atomic E-state index is 13.0. The van der Waals surface area contributed by atoms with Crippen LogP contribution in [0.25, 0.3) is 11.3 Å². The predicted octanol–water partition coefficient (Wildman–Crippen LogP) is 5.92. The molecule has 9 nitrogen and oxygen atoms in total. The molecule has 0 aliphatic heterocycles. The van der Waals surface area contributed by atoms with Crippen molar-refractivity contribution in [1.29, 1.82) is 0 Å². The largest absolute Gasteiger partial charge is 0.465 e. The molecule has 3 aromatic rings. The van der Waals surface area contributed by atoms with Gasteiger partial charge in [-0.05, 0) is 42.2 Å². The minimum atomic E-state index is -4.45. The van der Waals surface area contributed by atoms with Gasteiger partial charge in [-0.3, -0.25) is 14.4 Å². The van der Waals surface area contributed by atoms with E-state index in [1.54, 1.807) is 30.5 Å². The molecule has 3 rings (SSSR count). The molecule has 0 bridgehead atoms. The number of unbranched alkanes of at least 4 members (excludes halogenated alkanes) is 1. The minimum absolute atomic E-state index is 0.0770. The number of benzene rings is 1. The average molecular weight is 576 g/mol. The number of nitrogens with zero attached hydrogens (tertiary/aromatic N) is 4. The maximum Gasteiger partial charge on any atom is 0.416 e. The number of pyridine rings is 1. The monoisotopic (exact) mass is 575 g/mol. The first kappa shape index (κ1) is 31.6.